The predicted octanol–water partition coefficient (Wildman–Crippen LogP) is 1.48. The van der Waals surface area contributed by atoms with Gasteiger partial charge in [-0.1, -0.05) is 0 Å². The third-order valence-corrected chi connectivity index (χ3v) is 5.60. The third-order valence-electron chi connectivity index (χ3n) is 4.77. The summed E-state index contributed by atoms with van der Waals surface area (Å²) in [6.45, 7) is 9.85. The molecule has 0 saturated carbocycles. The van der Waals surface area contributed by atoms with E-state index in [1.807, 2.05) is 6.92 Å². The third kappa shape index (κ3) is 3.67. The Kier molecular flexibility index (Phi) is 5.10. The van der Waals surface area contributed by atoms with E-state index in [1.54, 1.807) is 11.3 Å². The monoisotopic (exact) mass is 322 g/mol. The number of aryl methyl sites for hydroxylation is 1. The molecule has 1 atom stereocenters. The zero-order valence-corrected chi connectivity index (χ0v) is 14.4. The summed E-state index contributed by atoms with van der Waals surface area (Å²) in [7, 11) is 0. The van der Waals surface area contributed by atoms with E-state index in [4.69, 9.17) is 0 Å². The van der Waals surface area contributed by atoms with Gasteiger partial charge < -0.3 is 10.2 Å². The number of piperidine rings is 1. The Morgan fingerprint density at radius 2 is 2.18 bits per heavy atom. The minimum absolute atomic E-state index is 0.217. The molecule has 0 unspecified atom stereocenters. The van der Waals surface area contributed by atoms with Crippen molar-refractivity contribution in [1.82, 2.24) is 20.1 Å². The molecule has 2 aliphatic heterocycles. The highest BCUT2D eigenvalue weighted by Gasteiger charge is 2.31. The van der Waals surface area contributed by atoms with Crippen molar-refractivity contribution in [3.8, 4) is 0 Å². The van der Waals surface area contributed by atoms with Crippen LogP contribution in [0.4, 0.5) is 0 Å². The number of piperazine rings is 1. The van der Waals surface area contributed by atoms with Crippen LogP contribution in [0, 0.1) is 12.8 Å². The number of carbonyl (C=O) groups excluding carboxylic acids is 1. The molecule has 22 heavy (non-hydrogen) atoms. The van der Waals surface area contributed by atoms with Crippen molar-refractivity contribution < 1.29 is 4.79 Å². The van der Waals surface area contributed by atoms with Gasteiger partial charge in [0, 0.05) is 43.5 Å². The van der Waals surface area contributed by atoms with Crippen LogP contribution in [0.2, 0.25) is 0 Å². The molecule has 6 heteroatoms. The largest absolute Gasteiger partial charge is 0.337 e. The van der Waals surface area contributed by atoms with Crippen molar-refractivity contribution >= 4 is 17.2 Å². The first-order valence-electron chi connectivity index (χ1n) is 8.28. The van der Waals surface area contributed by atoms with Gasteiger partial charge in [-0.25, -0.2) is 4.98 Å². The maximum absolute atomic E-state index is 12.7. The molecule has 1 aromatic heterocycles. The Morgan fingerprint density at radius 1 is 1.41 bits per heavy atom. The van der Waals surface area contributed by atoms with Crippen molar-refractivity contribution in [2.24, 2.45) is 5.92 Å². The number of carbonyl (C=O) groups is 1. The minimum Gasteiger partial charge on any atom is -0.337 e. The molecule has 1 N–H and O–H groups in total. The van der Waals surface area contributed by atoms with Crippen LogP contribution < -0.4 is 5.32 Å². The van der Waals surface area contributed by atoms with Gasteiger partial charge in [0.05, 0.1) is 10.7 Å². The molecule has 1 aromatic rings. The summed E-state index contributed by atoms with van der Waals surface area (Å²) in [6, 6.07) is 0.331. The summed E-state index contributed by atoms with van der Waals surface area (Å²) < 4.78 is 0. The van der Waals surface area contributed by atoms with Crippen LogP contribution in [0.1, 0.15) is 30.5 Å². The Hall–Kier alpha value is -0.980. The number of thiazole rings is 1. The number of nitrogens with one attached hydrogen (secondary N) is 1. The summed E-state index contributed by atoms with van der Waals surface area (Å²) in [4.78, 5) is 21.8. The Labute approximate surface area is 136 Å². The van der Waals surface area contributed by atoms with Crippen LogP contribution in [-0.4, -0.2) is 59.5 Å². The Morgan fingerprint density at radius 3 is 2.82 bits per heavy atom. The van der Waals surface area contributed by atoms with Gasteiger partial charge in [0.25, 0.3) is 0 Å². The molecule has 3 rings (SSSR count). The number of hydrogen-bond acceptors (Lipinski definition) is 5. The zero-order valence-electron chi connectivity index (χ0n) is 13.5. The summed E-state index contributed by atoms with van der Waals surface area (Å²) in [5, 5.41) is 6.63. The zero-order chi connectivity index (χ0) is 15.5. The van der Waals surface area contributed by atoms with E-state index in [0.29, 0.717) is 11.9 Å². The topological polar surface area (TPSA) is 48.5 Å². The normalized spacial score (nSPS) is 24.6. The highest BCUT2D eigenvalue weighted by Crippen LogP contribution is 2.23. The molecule has 0 aromatic carbocycles. The second kappa shape index (κ2) is 7.06. The van der Waals surface area contributed by atoms with E-state index in [9.17, 15) is 4.79 Å². The highest BCUT2D eigenvalue weighted by atomic mass is 32.1. The molecular formula is C16H26N4OS. The van der Waals surface area contributed by atoms with Gasteiger partial charge in [-0.3, -0.25) is 9.69 Å². The van der Waals surface area contributed by atoms with Gasteiger partial charge in [-0.05, 0) is 39.8 Å². The fourth-order valence-electron chi connectivity index (χ4n) is 3.45. The van der Waals surface area contributed by atoms with Gasteiger partial charge in [0.15, 0.2) is 0 Å². The van der Waals surface area contributed by atoms with E-state index in [0.717, 1.165) is 57.1 Å². The van der Waals surface area contributed by atoms with Crippen LogP contribution in [0.25, 0.3) is 0 Å². The standard InChI is InChI=1S/C16H26N4OS/c1-12-9-17-5-8-20(12)16(21)14-3-6-19(7-4-14)10-15-11-22-13(2)18-15/h11-12,14,17H,3-10H2,1-2H3/t12-/m0/s1. The van der Waals surface area contributed by atoms with Crippen molar-refractivity contribution in [3.05, 3.63) is 16.1 Å². The van der Waals surface area contributed by atoms with E-state index in [1.165, 1.54) is 5.69 Å². The minimum atomic E-state index is 0.217. The van der Waals surface area contributed by atoms with Gasteiger partial charge in [-0.15, -0.1) is 11.3 Å². The molecule has 0 bridgehead atoms. The first kappa shape index (κ1) is 15.9. The van der Waals surface area contributed by atoms with E-state index >= 15 is 0 Å². The first-order chi connectivity index (χ1) is 10.6. The molecule has 0 aliphatic carbocycles. The lowest BCUT2D eigenvalue weighted by atomic mass is 9.94. The SMILES string of the molecule is Cc1nc(CN2CCC(C(=O)N3CCNC[C@@H]3C)CC2)cs1. The van der Waals surface area contributed by atoms with Gasteiger partial charge in [-0.2, -0.15) is 0 Å². The summed E-state index contributed by atoms with van der Waals surface area (Å²) >= 11 is 1.71. The average Bonchev–Trinajstić information content (AvgIpc) is 2.93. The molecule has 0 radical (unpaired) electrons. The maximum Gasteiger partial charge on any atom is 0.226 e. The van der Waals surface area contributed by atoms with Crippen LogP contribution in [0.3, 0.4) is 0 Å². The molecule has 1 amide bonds. The predicted molar refractivity (Wildman–Crippen MR) is 88.9 cm³/mol. The van der Waals surface area contributed by atoms with E-state index in [2.05, 4.69) is 32.4 Å². The molecule has 5 nitrogen and oxygen atoms in total. The second-order valence-corrected chi connectivity index (χ2v) is 7.56. The second-order valence-electron chi connectivity index (χ2n) is 6.49. The molecule has 122 valence electrons. The van der Waals surface area contributed by atoms with Crippen LogP contribution in [-0.2, 0) is 11.3 Å². The van der Waals surface area contributed by atoms with Crippen LogP contribution in [0.5, 0.6) is 0 Å². The lowest BCUT2D eigenvalue weighted by Gasteiger charge is -2.38. The Balaban J connectivity index is 1.49. The number of nitrogens with zero attached hydrogens (tertiary/aromatic N) is 3. The molecule has 3 heterocycles. The number of rotatable bonds is 3. The smallest absolute Gasteiger partial charge is 0.226 e. The van der Waals surface area contributed by atoms with Crippen molar-refractivity contribution in [3.63, 3.8) is 0 Å². The van der Waals surface area contributed by atoms with Crippen LogP contribution in [0.15, 0.2) is 5.38 Å². The first-order valence-corrected chi connectivity index (χ1v) is 9.16. The lowest BCUT2D eigenvalue weighted by molar-refractivity contribution is -0.140. The number of likely N-dealkylation sites (tertiary alicyclic amines) is 1. The highest BCUT2D eigenvalue weighted by molar-refractivity contribution is 7.09. The van der Waals surface area contributed by atoms with Gasteiger partial charge in [0.1, 0.15) is 0 Å². The number of hydrogen-bond donors (Lipinski definition) is 1. The van der Waals surface area contributed by atoms with Crippen molar-refractivity contribution in [1.29, 1.82) is 0 Å². The quantitative estimate of drug-likeness (QED) is 0.916. The molecule has 2 fully saturated rings. The number of aromatic nitrogens is 1. The van der Waals surface area contributed by atoms with E-state index < -0.39 is 0 Å². The van der Waals surface area contributed by atoms with E-state index in [-0.39, 0.29) is 5.92 Å². The molecule has 2 saturated heterocycles. The summed E-state index contributed by atoms with van der Waals surface area (Å²) in [5.41, 5.74) is 1.17. The molecular weight excluding hydrogens is 296 g/mol. The fraction of sp³-hybridized carbons (Fsp3) is 0.750. The van der Waals surface area contributed by atoms with Gasteiger partial charge >= 0.3 is 0 Å². The lowest BCUT2D eigenvalue weighted by Crippen LogP contribution is -2.54. The van der Waals surface area contributed by atoms with Crippen molar-refractivity contribution in [2.75, 3.05) is 32.7 Å². The van der Waals surface area contributed by atoms with Gasteiger partial charge in [0.2, 0.25) is 5.91 Å². The fourth-order valence-corrected chi connectivity index (χ4v) is 4.05. The van der Waals surface area contributed by atoms with Crippen LogP contribution >= 0.6 is 11.3 Å². The average molecular weight is 322 g/mol. The number of amides is 1. The molecule has 2 aliphatic rings. The Bertz CT molecular complexity index is 510. The summed E-state index contributed by atoms with van der Waals surface area (Å²) in [5.74, 6) is 0.590. The maximum atomic E-state index is 12.7. The summed E-state index contributed by atoms with van der Waals surface area (Å²) in [6.07, 6.45) is 1.97. The molecule has 0 spiro atoms. The van der Waals surface area contributed by atoms with Crippen molar-refractivity contribution in [2.45, 2.75) is 39.3 Å².